The standard InChI is InChI=1S/C15H22O3/c1-9-4-5-12-10(7-14(12,2)3)11-8-18-15(17,6-9)13(11)16/h10-12,17H,1,4-8H2,2-3H3/t10-,11+,12-,15-/m0/s1. The average molecular weight is 250 g/mol. The SMILES string of the molecule is C=C1CC[C@H]2[C@@H](CC2(C)C)[C@H]2CO[C@@](O)(C1)C2=O. The van der Waals surface area contributed by atoms with Gasteiger partial charge in [-0.05, 0) is 36.5 Å². The van der Waals surface area contributed by atoms with Crippen molar-refractivity contribution in [2.75, 3.05) is 6.61 Å². The van der Waals surface area contributed by atoms with E-state index in [1.54, 1.807) is 0 Å². The smallest absolute Gasteiger partial charge is 0.230 e. The van der Waals surface area contributed by atoms with Crippen molar-refractivity contribution in [3.05, 3.63) is 12.2 Å². The third-order valence-electron chi connectivity index (χ3n) is 5.32. The van der Waals surface area contributed by atoms with Gasteiger partial charge in [-0.1, -0.05) is 26.0 Å². The van der Waals surface area contributed by atoms with Crippen molar-refractivity contribution in [1.82, 2.24) is 0 Å². The molecule has 3 aliphatic rings. The molecule has 0 radical (unpaired) electrons. The molecule has 2 bridgehead atoms. The van der Waals surface area contributed by atoms with Crippen LogP contribution in [-0.2, 0) is 9.53 Å². The van der Waals surface area contributed by atoms with Crippen LogP contribution in [0.2, 0.25) is 0 Å². The molecule has 3 nitrogen and oxygen atoms in total. The topological polar surface area (TPSA) is 46.5 Å². The fourth-order valence-electron chi connectivity index (χ4n) is 4.25. The first-order valence-corrected chi connectivity index (χ1v) is 6.91. The van der Waals surface area contributed by atoms with Crippen molar-refractivity contribution in [2.45, 2.75) is 45.3 Å². The van der Waals surface area contributed by atoms with Gasteiger partial charge < -0.3 is 9.84 Å². The lowest BCUT2D eigenvalue weighted by Crippen LogP contribution is -2.49. The first-order chi connectivity index (χ1) is 8.33. The molecule has 0 amide bonds. The van der Waals surface area contributed by atoms with Gasteiger partial charge in [0, 0.05) is 6.42 Å². The Bertz CT molecular complexity index is 412. The van der Waals surface area contributed by atoms with Gasteiger partial charge in [-0.3, -0.25) is 4.79 Å². The van der Waals surface area contributed by atoms with E-state index < -0.39 is 5.79 Å². The lowest BCUT2D eigenvalue weighted by molar-refractivity contribution is -0.181. The zero-order valence-electron chi connectivity index (χ0n) is 11.2. The van der Waals surface area contributed by atoms with Crippen LogP contribution in [0, 0.1) is 23.2 Å². The number of Topliss-reactive ketones (excluding diaryl/α,β-unsaturated/α-hetero) is 1. The van der Waals surface area contributed by atoms with Gasteiger partial charge in [-0.2, -0.15) is 0 Å². The summed E-state index contributed by atoms with van der Waals surface area (Å²) in [4.78, 5) is 12.4. The summed E-state index contributed by atoms with van der Waals surface area (Å²) in [5, 5.41) is 10.3. The molecule has 1 N–H and O–H groups in total. The fourth-order valence-corrected chi connectivity index (χ4v) is 4.25. The van der Waals surface area contributed by atoms with Crippen LogP contribution in [0.15, 0.2) is 12.2 Å². The number of hydrogen-bond donors (Lipinski definition) is 1. The Labute approximate surface area is 108 Å². The van der Waals surface area contributed by atoms with Crippen LogP contribution in [0.5, 0.6) is 0 Å². The minimum atomic E-state index is -1.57. The van der Waals surface area contributed by atoms with E-state index in [0.29, 0.717) is 23.9 Å². The summed E-state index contributed by atoms with van der Waals surface area (Å²) in [6.45, 7) is 8.94. The molecule has 1 saturated heterocycles. The van der Waals surface area contributed by atoms with Gasteiger partial charge in [0.15, 0.2) is 5.78 Å². The second kappa shape index (κ2) is 3.67. The largest absolute Gasteiger partial charge is 0.359 e. The van der Waals surface area contributed by atoms with Crippen molar-refractivity contribution in [2.24, 2.45) is 23.2 Å². The normalized spacial score (nSPS) is 46.7. The monoisotopic (exact) mass is 250 g/mol. The molecule has 0 aromatic rings. The molecule has 3 heteroatoms. The van der Waals surface area contributed by atoms with Crippen molar-refractivity contribution in [1.29, 1.82) is 0 Å². The van der Waals surface area contributed by atoms with Crippen LogP contribution in [0.1, 0.15) is 39.5 Å². The minimum Gasteiger partial charge on any atom is -0.359 e. The van der Waals surface area contributed by atoms with E-state index in [2.05, 4.69) is 20.4 Å². The lowest BCUT2D eigenvalue weighted by Gasteiger charge is -2.53. The highest BCUT2D eigenvalue weighted by Gasteiger charge is 2.58. The molecule has 0 aromatic heterocycles. The molecule has 0 spiro atoms. The molecule has 18 heavy (non-hydrogen) atoms. The van der Waals surface area contributed by atoms with E-state index in [4.69, 9.17) is 4.74 Å². The highest BCUT2D eigenvalue weighted by Crippen LogP contribution is 2.58. The Hall–Kier alpha value is -0.670. The number of carbonyl (C=O) groups is 1. The molecule has 3 rings (SSSR count). The van der Waals surface area contributed by atoms with E-state index in [1.165, 1.54) is 0 Å². The predicted octanol–water partition coefficient (Wildman–Crippen LogP) is 2.29. The van der Waals surface area contributed by atoms with Gasteiger partial charge in [0.2, 0.25) is 5.79 Å². The molecule has 2 aliphatic carbocycles. The summed E-state index contributed by atoms with van der Waals surface area (Å²) in [7, 11) is 0. The highest BCUT2D eigenvalue weighted by molar-refractivity contribution is 5.90. The zero-order valence-corrected chi connectivity index (χ0v) is 11.2. The van der Waals surface area contributed by atoms with Crippen molar-refractivity contribution in [3.8, 4) is 0 Å². The number of carbonyl (C=O) groups excluding carboxylic acids is 1. The molecule has 2 saturated carbocycles. The van der Waals surface area contributed by atoms with Gasteiger partial charge in [-0.25, -0.2) is 0 Å². The van der Waals surface area contributed by atoms with E-state index in [9.17, 15) is 9.90 Å². The van der Waals surface area contributed by atoms with Crippen LogP contribution in [0.25, 0.3) is 0 Å². The number of ketones is 1. The molecular formula is C15H22O3. The Morgan fingerprint density at radius 3 is 2.83 bits per heavy atom. The second-order valence-electron chi connectivity index (χ2n) is 6.99. The Kier molecular flexibility index (Phi) is 2.52. The van der Waals surface area contributed by atoms with Crippen molar-refractivity contribution < 1.29 is 14.6 Å². The maximum Gasteiger partial charge on any atom is 0.230 e. The maximum absolute atomic E-state index is 12.4. The van der Waals surface area contributed by atoms with Crippen molar-refractivity contribution >= 4 is 5.78 Å². The van der Waals surface area contributed by atoms with Crippen LogP contribution in [0.4, 0.5) is 0 Å². The molecule has 0 unspecified atom stereocenters. The molecule has 100 valence electrons. The summed E-state index contributed by atoms with van der Waals surface area (Å²) < 4.78 is 5.43. The van der Waals surface area contributed by atoms with Gasteiger partial charge in [0.05, 0.1) is 12.5 Å². The first-order valence-electron chi connectivity index (χ1n) is 6.91. The van der Waals surface area contributed by atoms with Crippen LogP contribution in [0.3, 0.4) is 0 Å². The fraction of sp³-hybridized carbons (Fsp3) is 0.800. The van der Waals surface area contributed by atoms with Gasteiger partial charge in [0.1, 0.15) is 0 Å². The average Bonchev–Trinajstić information content (AvgIpc) is 2.53. The lowest BCUT2D eigenvalue weighted by atomic mass is 9.51. The molecular weight excluding hydrogens is 228 g/mol. The summed E-state index contributed by atoms with van der Waals surface area (Å²) in [6, 6.07) is 0. The quantitative estimate of drug-likeness (QED) is 0.671. The molecule has 1 heterocycles. The van der Waals surface area contributed by atoms with Crippen LogP contribution in [-0.4, -0.2) is 23.3 Å². The maximum atomic E-state index is 12.4. The third kappa shape index (κ3) is 1.60. The number of hydrogen-bond acceptors (Lipinski definition) is 3. The first kappa shape index (κ1) is 12.4. The molecule has 4 atom stereocenters. The second-order valence-corrected chi connectivity index (χ2v) is 6.99. The Balaban J connectivity index is 1.93. The van der Waals surface area contributed by atoms with E-state index >= 15 is 0 Å². The van der Waals surface area contributed by atoms with Crippen LogP contribution >= 0.6 is 0 Å². The highest BCUT2D eigenvalue weighted by atomic mass is 16.6. The summed E-state index contributed by atoms with van der Waals surface area (Å²) in [5.41, 5.74) is 1.26. The summed E-state index contributed by atoms with van der Waals surface area (Å²) >= 11 is 0. The van der Waals surface area contributed by atoms with E-state index in [1.807, 2.05) is 0 Å². The van der Waals surface area contributed by atoms with E-state index in [-0.39, 0.29) is 18.1 Å². The van der Waals surface area contributed by atoms with Crippen LogP contribution < -0.4 is 0 Å². The number of fused-ring (bicyclic) bond motifs is 4. The number of rotatable bonds is 0. The third-order valence-corrected chi connectivity index (χ3v) is 5.32. The van der Waals surface area contributed by atoms with E-state index in [0.717, 1.165) is 24.8 Å². The zero-order chi connectivity index (χ0) is 13.1. The summed E-state index contributed by atoms with van der Waals surface area (Å²) in [6.07, 6.45) is 3.34. The molecule has 1 aliphatic heterocycles. The van der Waals surface area contributed by atoms with Gasteiger partial charge >= 0.3 is 0 Å². The van der Waals surface area contributed by atoms with Crippen molar-refractivity contribution in [3.63, 3.8) is 0 Å². The van der Waals surface area contributed by atoms with Gasteiger partial charge in [0.25, 0.3) is 0 Å². The number of aliphatic hydroxyl groups is 1. The van der Waals surface area contributed by atoms with Gasteiger partial charge in [-0.15, -0.1) is 0 Å². The predicted molar refractivity (Wildman–Crippen MR) is 67.8 cm³/mol. The molecule has 3 fully saturated rings. The number of ether oxygens (including phenoxy) is 1. The summed E-state index contributed by atoms with van der Waals surface area (Å²) in [5.74, 6) is -0.814. The Morgan fingerprint density at radius 2 is 2.17 bits per heavy atom. The molecule has 0 aromatic carbocycles. The minimum absolute atomic E-state index is 0.0982. The Morgan fingerprint density at radius 1 is 1.44 bits per heavy atom.